The van der Waals surface area contributed by atoms with E-state index in [9.17, 15) is 0 Å². The topological polar surface area (TPSA) is 33.5 Å². The van der Waals surface area contributed by atoms with E-state index >= 15 is 0 Å². The highest BCUT2D eigenvalue weighted by Crippen LogP contribution is 2.48. The zero-order valence-corrected chi connectivity index (χ0v) is 35.3. The Morgan fingerprint density at radius 3 is 2.02 bits per heavy atom. The molecular weight excluding hydrogens is 729 g/mol. The molecule has 5 nitrogen and oxygen atoms in total. The van der Waals surface area contributed by atoms with Gasteiger partial charge in [-0.2, -0.15) is 0 Å². The average Bonchev–Trinajstić information content (AvgIpc) is 3.87. The van der Waals surface area contributed by atoms with Gasteiger partial charge in [-0.05, 0) is 102 Å². The maximum absolute atomic E-state index is 6.80. The molecule has 0 spiro atoms. The summed E-state index contributed by atoms with van der Waals surface area (Å²) in [6.07, 6.45) is 1.95. The van der Waals surface area contributed by atoms with Crippen LogP contribution in [0.3, 0.4) is 0 Å². The van der Waals surface area contributed by atoms with Crippen LogP contribution in [0.5, 0.6) is 11.5 Å². The Morgan fingerprint density at radius 2 is 1.26 bits per heavy atom. The zero-order chi connectivity index (χ0) is 40.1. The van der Waals surface area contributed by atoms with E-state index in [2.05, 4.69) is 197 Å². The van der Waals surface area contributed by atoms with Gasteiger partial charge in [0.15, 0.2) is 0 Å². The molecule has 1 aliphatic heterocycles. The Hall–Kier alpha value is -6.11. The number of aromatic nitrogens is 2. The molecule has 0 bridgehead atoms. The molecule has 3 aromatic heterocycles. The van der Waals surface area contributed by atoms with Crippen molar-refractivity contribution in [1.82, 2.24) is 9.55 Å². The van der Waals surface area contributed by atoms with E-state index in [0.29, 0.717) is 6.67 Å². The summed E-state index contributed by atoms with van der Waals surface area (Å²) >= 11 is 1.85. The van der Waals surface area contributed by atoms with Crippen LogP contribution in [0.4, 0.5) is 22.7 Å². The van der Waals surface area contributed by atoms with Crippen LogP contribution in [0.15, 0.2) is 134 Å². The van der Waals surface area contributed by atoms with Gasteiger partial charge in [-0.25, -0.2) is 4.98 Å². The van der Waals surface area contributed by atoms with Crippen LogP contribution in [0.25, 0.3) is 47.8 Å². The molecule has 0 atom stereocenters. The third kappa shape index (κ3) is 5.92. The predicted octanol–water partition coefficient (Wildman–Crippen LogP) is 14.8. The Bertz CT molecular complexity index is 3060. The molecule has 1 aliphatic rings. The highest BCUT2D eigenvalue weighted by Gasteiger charge is 2.31. The van der Waals surface area contributed by atoms with Crippen molar-refractivity contribution in [2.24, 2.45) is 0 Å². The third-order valence-corrected chi connectivity index (χ3v) is 13.0. The van der Waals surface area contributed by atoms with Crippen molar-refractivity contribution < 1.29 is 4.74 Å². The number of nitrogens with zero attached hydrogens (tertiary/aromatic N) is 4. The number of benzene rings is 6. The van der Waals surface area contributed by atoms with Gasteiger partial charge in [0, 0.05) is 55.9 Å². The van der Waals surface area contributed by atoms with Crippen LogP contribution in [-0.4, -0.2) is 16.2 Å². The molecule has 0 saturated heterocycles. The highest BCUT2D eigenvalue weighted by molar-refractivity contribution is 7.26. The lowest BCUT2D eigenvalue weighted by Gasteiger charge is -2.28. The number of rotatable bonds is 5. The quantitative estimate of drug-likeness (QED) is 0.174. The molecule has 0 aliphatic carbocycles. The molecule has 10 rings (SSSR count). The summed E-state index contributed by atoms with van der Waals surface area (Å²) in [6, 6.07) is 46.1. The molecule has 58 heavy (non-hydrogen) atoms. The first kappa shape index (κ1) is 36.2. The fourth-order valence-corrected chi connectivity index (χ4v) is 10.1. The van der Waals surface area contributed by atoms with Crippen LogP contribution in [-0.2, 0) is 10.8 Å². The van der Waals surface area contributed by atoms with E-state index in [0.717, 1.165) is 28.5 Å². The van der Waals surface area contributed by atoms with Gasteiger partial charge in [0.2, 0.25) is 0 Å². The van der Waals surface area contributed by atoms with Crippen molar-refractivity contribution in [3.63, 3.8) is 0 Å². The van der Waals surface area contributed by atoms with Crippen molar-refractivity contribution in [3.8, 4) is 17.3 Å². The lowest BCUT2D eigenvalue weighted by Crippen LogP contribution is -2.25. The molecule has 0 amide bonds. The van der Waals surface area contributed by atoms with Crippen LogP contribution >= 0.6 is 11.3 Å². The van der Waals surface area contributed by atoms with E-state index in [-0.39, 0.29) is 10.8 Å². The summed E-state index contributed by atoms with van der Waals surface area (Å²) in [6.45, 7) is 18.8. The molecule has 0 radical (unpaired) electrons. The van der Waals surface area contributed by atoms with Crippen molar-refractivity contribution in [3.05, 3.63) is 156 Å². The molecule has 0 unspecified atom stereocenters. The van der Waals surface area contributed by atoms with E-state index in [1.807, 2.05) is 17.5 Å². The molecule has 6 heteroatoms. The number of fused-ring (bicyclic) bond motifs is 8. The van der Waals surface area contributed by atoms with Crippen LogP contribution in [0.2, 0.25) is 0 Å². The second kappa shape index (κ2) is 13.2. The summed E-state index contributed by atoms with van der Waals surface area (Å²) < 4.78 is 11.7. The summed E-state index contributed by atoms with van der Waals surface area (Å²) in [5.74, 6) is 2.48. The van der Waals surface area contributed by atoms with E-state index in [1.54, 1.807) is 0 Å². The summed E-state index contributed by atoms with van der Waals surface area (Å²) in [7, 11) is 0. The molecule has 4 heterocycles. The Balaban J connectivity index is 1.06. The van der Waals surface area contributed by atoms with Crippen molar-refractivity contribution in [1.29, 1.82) is 0 Å². The molecule has 6 aromatic carbocycles. The number of para-hydroxylation sites is 2. The molecule has 0 N–H and O–H groups in total. The van der Waals surface area contributed by atoms with Crippen molar-refractivity contribution in [2.45, 2.75) is 66.2 Å². The van der Waals surface area contributed by atoms with Gasteiger partial charge in [0.05, 0.1) is 27.1 Å². The maximum atomic E-state index is 6.80. The smallest absolute Gasteiger partial charge is 0.137 e. The molecule has 9 aromatic rings. The van der Waals surface area contributed by atoms with Gasteiger partial charge < -0.3 is 14.5 Å². The Labute approximate surface area is 344 Å². The first-order valence-electron chi connectivity index (χ1n) is 20.2. The normalized spacial score (nSPS) is 13.4. The Morgan fingerprint density at radius 1 is 0.586 bits per heavy atom. The maximum Gasteiger partial charge on any atom is 0.137 e. The monoisotopic (exact) mass is 776 g/mol. The van der Waals surface area contributed by atoms with Crippen molar-refractivity contribution in [2.75, 3.05) is 16.5 Å². The summed E-state index contributed by atoms with van der Waals surface area (Å²) in [4.78, 5) is 9.87. The van der Waals surface area contributed by atoms with E-state index in [4.69, 9.17) is 9.72 Å². The second-order valence-corrected chi connectivity index (χ2v) is 19.0. The van der Waals surface area contributed by atoms with Gasteiger partial charge in [-0.1, -0.05) is 102 Å². The van der Waals surface area contributed by atoms with Crippen LogP contribution in [0, 0.1) is 13.8 Å². The van der Waals surface area contributed by atoms with E-state index < -0.39 is 0 Å². The number of aryl methyl sites for hydroxylation is 2. The lowest BCUT2D eigenvalue weighted by atomic mass is 9.84. The van der Waals surface area contributed by atoms with Crippen LogP contribution < -0.4 is 14.5 Å². The first-order chi connectivity index (χ1) is 27.8. The standard InChI is InChI=1S/C52H48N4OS/c1-32-26-35(52(6,7)8)27-33(2)48(32)55-31-54(43-17-10-11-18-44(43)55)36-14-13-15-37(29-36)57-38-20-21-39-41-22-23-42-40-16-9-12-19-46(40)58-50(42)49(41)56(45(39)30-38)47-28-34(24-25-53-47)51(3,4)5/h9-30H,31H2,1-8H3. The van der Waals surface area contributed by atoms with Crippen molar-refractivity contribution >= 4 is 76.1 Å². The zero-order valence-electron chi connectivity index (χ0n) is 34.5. The third-order valence-electron chi connectivity index (χ3n) is 11.8. The minimum absolute atomic E-state index is 0.0237. The predicted molar refractivity (Wildman–Crippen MR) is 247 cm³/mol. The van der Waals surface area contributed by atoms with Crippen LogP contribution in [0.1, 0.15) is 63.8 Å². The number of pyridine rings is 1. The summed E-state index contributed by atoms with van der Waals surface area (Å²) in [5.41, 5.74) is 12.3. The average molecular weight is 777 g/mol. The lowest BCUT2D eigenvalue weighted by molar-refractivity contribution is 0.483. The number of ether oxygens (including phenoxy) is 1. The summed E-state index contributed by atoms with van der Waals surface area (Å²) in [5, 5.41) is 4.94. The molecule has 0 fully saturated rings. The fraction of sp³-hybridized carbons (Fsp3) is 0.212. The number of anilines is 4. The van der Waals surface area contributed by atoms with Gasteiger partial charge in [0.1, 0.15) is 24.0 Å². The number of hydrogen-bond acceptors (Lipinski definition) is 5. The van der Waals surface area contributed by atoms with Gasteiger partial charge in [-0.3, -0.25) is 4.57 Å². The van der Waals surface area contributed by atoms with Gasteiger partial charge >= 0.3 is 0 Å². The minimum Gasteiger partial charge on any atom is -0.457 e. The van der Waals surface area contributed by atoms with E-state index in [1.165, 1.54) is 75.8 Å². The highest BCUT2D eigenvalue weighted by atomic mass is 32.1. The fourth-order valence-electron chi connectivity index (χ4n) is 8.86. The second-order valence-electron chi connectivity index (χ2n) is 17.9. The minimum atomic E-state index is -0.0237. The number of hydrogen-bond donors (Lipinski definition) is 0. The van der Waals surface area contributed by atoms with Gasteiger partial charge in [0.25, 0.3) is 0 Å². The first-order valence-corrected chi connectivity index (χ1v) is 21.0. The molecule has 0 saturated carbocycles. The Kier molecular flexibility index (Phi) is 8.26. The van der Waals surface area contributed by atoms with Gasteiger partial charge in [-0.15, -0.1) is 11.3 Å². The molecule has 288 valence electrons. The molecular formula is C52H48N4OS. The SMILES string of the molecule is Cc1cc(C(C)(C)C)cc(C)c1N1CN(c2cccc(Oc3ccc4c5ccc6c7ccccc7sc6c5n(-c5cc(C(C)(C)C)ccn5)c4c3)c2)c2ccccc21. The largest absolute Gasteiger partial charge is 0.457 e. The number of thiophene rings is 1.